The SMILES string of the molecule is COc1cccc(N=NS(=O)(=O)O)c1. The molecule has 0 bridgehead atoms. The molecule has 0 saturated carbocycles. The molecule has 1 aromatic carbocycles. The smallest absolute Gasteiger partial charge is 0.396 e. The van der Waals surface area contributed by atoms with Crippen LogP contribution in [0.2, 0.25) is 0 Å². The molecule has 0 radical (unpaired) electrons. The number of methoxy groups -OCH3 is 1. The van der Waals surface area contributed by atoms with Gasteiger partial charge in [-0.3, -0.25) is 4.55 Å². The first kappa shape index (κ1) is 10.6. The highest BCUT2D eigenvalue weighted by Crippen LogP contribution is 2.19. The molecule has 76 valence electrons. The first-order chi connectivity index (χ1) is 6.51. The van der Waals surface area contributed by atoms with Gasteiger partial charge in [-0.2, -0.15) is 8.42 Å². The number of benzene rings is 1. The monoisotopic (exact) mass is 216 g/mol. The maximum Gasteiger partial charge on any atom is 0.396 e. The largest absolute Gasteiger partial charge is 0.497 e. The van der Waals surface area contributed by atoms with Gasteiger partial charge in [-0.05, 0) is 16.7 Å². The maximum atomic E-state index is 10.2. The van der Waals surface area contributed by atoms with Crippen molar-refractivity contribution in [3.63, 3.8) is 0 Å². The molecule has 1 rings (SSSR count). The van der Waals surface area contributed by atoms with E-state index in [1.165, 1.54) is 19.2 Å². The zero-order chi connectivity index (χ0) is 10.6. The molecule has 0 aliphatic heterocycles. The van der Waals surface area contributed by atoms with Crippen molar-refractivity contribution in [2.45, 2.75) is 0 Å². The Hall–Kier alpha value is -1.47. The standard InChI is InChI=1S/C7H8N2O4S/c1-13-7-4-2-3-6(5-7)8-9-14(10,11)12/h2-5H,1H3,(H,10,11,12). The van der Waals surface area contributed by atoms with E-state index in [0.717, 1.165) is 0 Å². The molecule has 0 atom stereocenters. The predicted molar refractivity (Wildman–Crippen MR) is 49.1 cm³/mol. The van der Waals surface area contributed by atoms with Gasteiger partial charge in [0.05, 0.1) is 12.8 Å². The molecule has 0 aliphatic carbocycles. The highest BCUT2D eigenvalue weighted by Gasteiger charge is 1.99. The summed E-state index contributed by atoms with van der Waals surface area (Å²) >= 11 is 0. The summed E-state index contributed by atoms with van der Waals surface area (Å²) in [5.74, 6) is 0.525. The first-order valence-corrected chi connectivity index (χ1v) is 4.95. The van der Waals surface area contributed by atoms with Crippen LogP contribution < -0.4 is 4.74 Å². The van der Waals surface area contributed by atoms with Gasteiger partial charge in [0, 0.05) is 6.07 Å². The van der Waals surface area contributed by atoms with E-state index in [4.69, 9.17) is 9.29 Å². The van der Waals surface area contributed by atoms with Crippen LogP contribution in [0.5, 0.6) is 5.75 Å². The number of hydrogen-bond donors (Lipinski definition) is 1. The zero-order valence-electron chi connectivity index (χ0n) is 7.28. The molecule has 0 spiro atoms. The van der Waals surface area contributed by atoms with Crippen LogP contribution in [0.1, 0.15) is 0 Å². The summed E-state index contributed by atoms with van der Waals surface area (Å²) in [6.07, 6.45) is 0. The van der Waals surface area contributed by atoms with Crippen LogP contribution in [0.15, 0.2) is 33.9 Å². The van der Waals surface area contributed by atoms with E-state index in [1.807, 2.05) is 0 Å². The Balaban J connectivity index is 2.93. The molecule has 0 unspecified atom stereocenters. The summed E-state index contributed by atoms with van der Waals surface area (Å²) < 4.78 is 36.3. The quantitative estimate of drug-likeness (QED) is 0.613. The Morgan fingerprint density at radius 2 is 2.14 bits per heavy atom. The van der Waals surface area contributed by atoms with Crippen LogP contribution >= 0.6 is 0 Å². The molecule has 0 heterocycles. The molecule has 14 heavy (non-hydrogen) atoms. The molecule has 0 saturated heterocycles. The number of nitrogens with zero attached hydrogens (tertiary/aromatic N) is 2. The average molecular weight is 216 g/mol. The molecule has 0 aliphatic rings. The third kappa shape index (κ3) is 3.50. The third-order valence-corrected chi connectivity index (χ3v) is 1.60. The molecule has 6 nitrogen and oxygen atoms in total. The van der Waals surface area contributed by atoms with Crippen LogP contribution in [0, 0.1) is 0 Å². The molecule has 0 aromatic heterocycles. The maximum absolute atomic E-state index is 10.2. The molecule has 7 heteroatoms. The van der Waals surface area contributed by atoms with E-state index in [2.05, 4.69) is 9.63 Å². The lowest BCUT2D eigenvalue weighted by Crippen LogP contribution is -1.88. The van der Waals surface area contributed by atoms with Crippen molar-refractivity contribution in [1.29, 1.82) is 0 Å². The summed E-state index contributed by atoms with van der Waals surface area (Å²) in [7, 11) is -2.95. The van der Waals surface area contributed by atoms with Gasteiger partial charge in [0.1, 0.15) is 5.75 Å². The van der Waals surface area contributed by atoms with E-state index in [0.29, 0.717) is 5.75 Å². The van der Waals surface area contributed by atoms with Crippen molar-refractivity contribution in [3.05, 3.63) is 24.3 Å². The average Bonchev–Trinajstić information content (AvgIpc) is 2.14. The molecular weight excluding hydrogens is 208 g/mol. The lowest BCUT2D eigenvalue weighted by molar-refractivity contribution is 0.415. The lowest BCUT2D eigenvalue weighted by atomic mass is 10.3. The van der Waals surface area contributed by atoms with Gasteiger partial charge in [-0.25, -0.2) is 0 Å². The van der Waals surface area contributed by atoms with E-state index in [-0.39, 0.29) is 5.69 Å². The van der Waals surface area contributed by atoms with E-state index in [1.54, 1.807) is 12.1 Å². The van der Waals surface area contributed by atoms with Crippen molar-refractivity contribution in [1.82, 2.24) is 0 Å². The van der Waals surface area contributed by atoms with E-state index < -0.39 is 10.3 Å². The summed E-state index contributed by atoms with van der Waals surface area (Å²) in [5, 5.41) is 3.29. The second-order valence-electron chi connectivity index (χ2n) is 2.33. The Morgan fingerprint density at radius 3 is 2.71 bits per heavy atom. The summed E-state index contributed by atoms with van der Waals surface area (Å²) in [6.45, 7) is 0. The second kappa shape index (κ2) is 4.16. The van der Waals surface area contributed by atoms with Crippen LogP contribution in [0.4, 0.5) is 5.69 Å². The van der Waals surface area contributed by atoms with Crippen molar-refractivity contribution in [2.24, 2.45) is 9.63 Å². The minimum absolute atomic E-state index is 0.280. The van der Waals surface area contributed by atoms with Gasteiger partial charge in [-0.1, -0.05) is 6.07 Å². The minimum atomic E-state index is -4.42. The van der Waals surface area contributed by atoms with Gasteiger partial charge in [0.2, 0.25) is 0 Å². The van der Waals surface area contributed by atoms with E-state index in [9.17, 15) is 8.42 Å². The predicted octanol–water partition coefficient (Wildman–Crippen LogP) is 1.58. The van der Waals surface area contributed by atoms with Crippen molar-refractivity contribution >= 4 is 16.0 Å². The number of ether oxygens (including phenoxy) is 1. The molecular formula is C7H8N2O4S. The summed E-state index contributed by atoms with van der Waals surface area (Å²) in [4.78, 5) is 0. The topological polar surface area (TPSA) is 88.3 Å². The highest BCUT2D eigenvalue weighted by molar-refractivity contribution is 7.84. The first-order valence-electron chi connectivity index (χ1n) is 3.56. The highest BCUT2D eigenvalue weighted by atomic mass is 32.2. The normalized spacial score (nSPS) is 11.9. The van der Waals surface area contributed by atoms with Gasteiger partial charge >= 0.3 is 10.3 Å². The van der Waals surface area contributed by atoms with Crippen LogP contribution in [-0.4, -0.2) is 20.1 Å². The van der Waals surface area contributed by atoms with Crippen molar-refractivity contribution in [3.8, 4) is 5.75 Å². The van der Waals surface area contributed by atoms with Crippen LogP contribution in [0.25, 0.3) is 0 Å². The van der Waals surface area contributed by atoms with Crippen molar-refractivity contribution in [2.75, 3.05) is 7.11 Å². The summed E-state index contributed by atoms with van der Waals surface area (Å²) in [6, 6.07) is 6.30. The molecule has 0 fully saturated rings. The van der Waals surface area contributed by atoms with E-state index >= 15 is 0 Å². The van der Waals surface area contributed by atoms with Crippen LogP contribution in [-0.2, 0) is 10.3 Å². The molecule has 1 N–H and O–H groups in total. The third-order valence-electron chi connectivity index (χ3n) is 1.31. The van der Waals surface area contributed by atoms with Gasteiger partial charge in [0.15, 0.2) is 0 Å². The molecule has 1 aromatic rings. The Bertz CT molecular complexity index is 441. The van der Waals surface area contributed by atoms with Crippen LogP contribution in [0.3, 0.4) is 0 Å². The second-order valence-corrected chi connectivity index (χ2v) is 3.39. The fourth-order valence-corrected chi connectivity index (χ4v) is 0.969. The minimum Gasteiger partial charge on any atom is -0.497 e. The van der Waals surface area contributed by atoms with Gasteiger partial charge < -0.3 is 4.74 Å². The Kier molecular flexibility index (Phi) is 3.15. The Labute approximate surface area is 81.1 Å². The van der Waals surface area contributed by atoms with Gasteiger partial charge in [-0.15, -0.1) is 5.11 Å². The fourth-order valence-electron chi connectivity index (χ4n) is 0.771. The van der Waals surface area contributed by atoms with Gasteiger partial charge in [0.25, 0.3) is 0 Å². The Morgan fingerprint density at radius 1 is 1.43 bits per heavy atom. The zero-order valence-corrected chi connectivity index (χ0v) is 8.10. The summed E-state index contributed by atoms with van der Waals surface area (Å²) in [5.41, 5.74) is 0.280. The fraction of sp³-hybridized carbons (Fsp3) is 0.143. The number of hydrogen-bond acceptors (Lipinski definition) is 4. The number of rotatable bonds is 3. The lowest BCUT2D eigenvalue weighted by Gasteiger charge is -1.98. The molecule has 0 amide bonds. The van der Waals surface area contributed by atoms with Crippen molar-refractivity contribution < 1.29 is 17.7 Å².